The van der Waals surface area contributed by atoms with Crippen molar-refractivity contribution in [3.8, 4) is 16.9 Å². The Bertz CT molecular complexity index is 2220. The number of aliphatic carboxylic acids is 1. The molecule has 4 aromatic carbocycles. The van der Waals surface area contributed by atoms with Gasteiger partial charge in [0.15, 0.2) is 0 Å². The van der Waals surface area contributed by atoms with E-state index in [1.807, 2.05) is 56.3 Å². The van der Waals surface area contributed by atoms with Crippen LogP contribution in [0, 0.1) is 12.3 Å². The minimum Gasteiger partial charge on any atom is -0.488 e. The van der Waals surface area contributed by atoms with Gasteiger partial charge in [0.25, 0.3) is 0 Å². The molecule has 6 rings (SSSR count). The van der Waals surface area contributed by atoms with Crippen molar-refractivity contribution in [2.75, 3.05) is 6.54 Å². The van der Waals surface area contributed by atoms with Crippen molar-refractivity contribution in [1.29, 1.82) is 0 Å². The smallest absolute Gasteiger partial charge is 0.335 e. The first kappa shape index (κ1) is 36.4. The van der Waals surface area contributed by atoms with Gasteiger partial charge in [-0.1, -0.05) is 65.9 Å². The highest BCUT2D eigenvalue weighted by atomic mass is 32.2. The Morgan fingerprint density at radius 2 is 1.71 bits per heavy atom. The SMILES string of the molecule is Cc1ccc(C(OCc2cn(Cc3cccc(-c4ccc(C(=O)O)cc4)c3)nn2)C(C)(C)C(=O)O)cc1CN1C[C@@H](C)Oc2ccccc2S1(=O)=O. The number of nitrogens with zero attached hydrogens (tertiary/aromatic N) is 4. The van der Waals surface area contributed by atoms with Crippen LogP contribution in [0.1, 0.15) is 65.2 Å². The highest BCUT2D eigenvalue weighted by Crippen LogP contribution is 2.39. The van der Waals surface area contributed by atoms with Gasteiger partial charge in [0.2, 0.25) is 10.0 Å². The van der Waals surface area contributed by atoms with Crippen LogP contribution in [-0.2, 0) is 39.3 Å². The summed E-state index contributed by atoms with van der Waals surface area (Å²) in [4.78, 5) is 23.9. The van der Waals surface area contributed by atoms with E-state index in [2.05, 4.69) is 10.3 Å². The average molecular weight is 725 g/mol. The van der Waals surface area contributed by atoms with Gasteiger partial charge >= 0.3 is 11.9 Å². The number of hydrogen-bond donors (Lipinski definition) is 2. The third-order valence-electron chi connectivity index (χ3n) is 9.21. The van der Waals surface area contributed by atoms with Crippen molar-refractivity contribution in [3.63, 3.8) is 0 Å². The number of carboxylic acids is 2. The lowest BCUT2D eigenvalue weighted by Crippen LogP contribution is -2.36. The second-order valence-electron chi connectivity index (χ2n) is 13.6. The summed E-state index contributed by atoms with van der Waals surface area (Å²) >= 11 is 0. The molecule has 270 valence electrons. The number of benzene rings is 4. The highest BCUT2D eigenvalue weighted by Gasteiger charge is 2.40. The molecule has 0 amide bonds. The van der Waals surface area contributed by atoms with Crippen LogP contribution >= 0.6 is 0 Å². The molecule has 0 fully saturated rings. The first-order valence-corrected chi connectivity index (χ1v) is 18.2. The van der Waals surface area contributed by atoms with Crippen LogP contribution < -0.4 is 4.74 Å². The van der Waals surface area contributed by atoms with Crippen LogP contribution in [0.4, 0.5) is 0 Å². The second kappa shape index (κ2) is 14.7. The van der Waals surface area contributed by atoms with Crippen molar-refractivity contribution in [2.45, 2.75) is 64.5 Å². The van der Waals surface area contributed by atoms with Crippen molar-refractivity contribution >= 4 is 22.0 Å². The molecule has 1 aliphatic heterocycles. The molecule has 1 unspecified atom stereocenters. The maximum absolute atomic E-state index is 13.8. The molecule has 0 spiro atoms. The lowest BCUT2D eigenvalue weighted by molar-refractivity contribution is -0.158. The summed E-state index contributed by atoms with van der Waals surface area (Å²) < 4.78 is 42.8. The maximum atomic E-state index is 13.8. The van der Waals surface area contributed by atoms with Crippen LogP contribution in [0.25, 0.3) is 11.1 Å². The van der Waals surface area contributed by atoms with E-state index in [1.165, 1.54) is 10.4 Å². The minimum atomic E-state index is -3.88. The number of aryl methyl sites for hydroxylation is 1. The summed E-state index contributed by atoms with van der Waals surface area (Å²) in [7, 11) is -3.88. The number of fused-ring (bicyclic) bond motifs is 1. The summed E-state index contributed by atoms with van der Waals surface area (Å²) in [6.07, 6.45) is 0.437. The lowest BCUT2D eigenvalue weighted by atomic mass is 9.81. The van der Waals surface area contributed by atoms with Gasteiger partial charge in [-0.05, 0) is 91.4 Å². The molecule has 12 nitrogen and oxygen atoms in total. The molecular formula is C39H40N4O8S. The zero-order valence-corrected chi connectivity index (χ0v) is 30.1. The Hall–Kier alpha value is -5.37. The fourth-order valence-electron chi connectivity index (χ4n) is 6.23. The molecule has 5 aromatic rings. The van der Waals surface area contributed by atoms with Gasteiger partial charge in [0, 0.05) is 6.54 Å². The Morgan fingerprint density at radius 1 is 0.962 bits per heavy atom. The number of aromatic nitrogens is 3. The Labute approximate surface area is 302 Å². The van der Waals surface area contributed by atoms with Crippen LogP contribution in [-0.4, -0.2) is 62.5 Å². The van der Waals surface area contributed by atoms with Crippen LogP contribution in [0.15, 0.2) is 102 Å². The number of sulfonamides is 1. The van der Waals surface area contributed by atoms with Crippen LogP contribution in [0.5, 0.6) is 5.75 Å². The molecule has 1 aliphatic rings. The lowest BCUT2D eigenvalue weighted by Gasteiger charge is -2.31. The molecule has 2 N–H and O–H groups in total. The van der Waals surface area contributed by atoms with E-state index in [-0.39, 0.29) is 36.3 Å². The number of hydrogen-bond acceptors (Lipinski definition) is 8. The largest absolute Gasteiger partial charge is 0.488 e. The van der Waals surface area contributed by atoms with Gasteiger partial charge < -0.3 is 19.7 Å². The maximum Gasteiger partial charge on any atom is 0.335 e. The van der Waals surface area contributed by atoms with Gasteiger partial charge in [-0.15, -0.1) is 5.10 Å². The minimum absolute atomic E-state index is 0.0211. The van der Waals surface area contributed by atoms with Crippen molar-refractivity contribution in [1.82, 2.24) is 19.3 Å². The molecule has 0 saturated heterocycles. The normalized spacial score (nSPS) is 16.3. The fourth-order valence-corrected chi connectivity index (χ4v) is 7.84. The Kier molecular flexibility index (Phi) is 10.3. The van der Waals surface area contributed by atoms with Gasteiger partial charge in [-0.3, -0.25) is 4.79 Å². The van der Waals surface area contributed by atoms with Crippen LogP contribution in [0.2, 0.25) is 0 Å². The topological polar surface area (TPSA) is 161 Å². The highest BCUT2D eigenvalue weighted by molar-refractivity contribution is 7.89. The van der Waals surface area contributed by atoms with Crippen molar-refractivity contribution < 1.29 is 37.7 Å². The van der Waals surface area contributed by atoms with E-state index >= 15 is 0 Å². The molecule has 2 heterocycles. The molecular weight excluding hydrogens is 685 g/mol. The third kappa shape index (κ3) is 7.76. The number of carbonyl (C=O) groups is 2. The van der Waals surface area contributed by atoms with E-state index < -0.39 is 33.5 Å². The predicted molar refractivity (Wildman–Crippen MR) is 192 cm³/mol. The number of aromatic carboxylic acids is 1. The monoisotopic (exact) mass is 724 g/mol. The molecule has 0 aliphatic carbocycles. The zero-order valence-electron chi connectivity index (χ0n) is 29.3. The quantitative estimate of drug-likeness (QED) is 0.149. The van der Waals surface area contributed by atoms with Gasteiger partial charge in [0.05, 0.1) is 43.0 Å². The standard InChI is InChI=1S/C39H40N4O8S/c1-25-12-13-31(19-32(25)22-43-20-26(2)51-34-10-5-6-11-35(34)52(43,48)49)36(39(3,4)38(46)47)50-24-33-23-42(41-40-33)21-27-8-7-9-30(18-27)28-14-16-29(17-15-28)37(44)45/h5-19,23,26,36H,20-22,24H2,1-4H3,(H,44,45)(H,46,47)/t26-,36?/m1/s1. The summed E-state index contributed by atoms with van der Waals surface area (Å²) in [6.45, 7) is 7.49. The molecule has 0 radical (unpaired) electrons. The summed E-state index contributed by atoms with van der Waals surface area (Å²) in [5, 5.41) is 28.0. The molecule has 2 atom stereocenters. The number of ether oxygens (including phenoxy) is 2. The Morgan fingerprint density at radius 3 is 2.44 bits per heavy atom. The van der Waals surface area contributed by atoms with Gasteiger partial charge in [-0.25, -0.2) is 17.9 Å². The van der Waals surface area contributed by atoms with E-state index in [4.69, 9.17) is 9.47 Å². The predicted octanol–water partition coefficient (Wildman–Crippen LogP) is 6.34. The first-order chi connectivity index (χ1) is 24.7. The Balaban J connectivity index is 1.20. The number of carboxylic acid groups (broad SMARTS) is 2. The van der Waals surface area contributed by atoms with Crippen molar-refractivity contribution in [2.24, 2.45) is 5.41 Å². The summed E-state index contributed by atoms with van der Waals surface area (Å²) in [6, 6.07) is 26.6. The zero-order chi connectivity index (χ0) is 37.2. The molecule has 52 heavy (non-hydrogen) atoms. The average Bonchev–Trinajstić information content (AvgIpc) is 3.52. The summed E-state index contributed by atoms with van der Waals surface area (Å²) in [5.41, 5.74) is 4.27. The third-order valence-corrected chi connectivity index (χ3v) is 11.1. The van der Waals surface area contributed by atoms with E-state index in [0.717, 1.165) is 22.3 Å². The van der Waals surface area contributed by atoms with E-state index in [1.54, 1.807) is 67.2 Å². The fraction of sp³-hybridized carbons (Fsp3) is 0.282. The molecule has 13 heteroatoms. The van der Waals surface area contributed by atoms with E-state index in [9.17, 15) is 28.2 Å². The number of para-hydroxylation sites is 1. The van der Waals surface area contributed by atoms with Crippen molar-refractivity contribution in [3.05, 3.63) is 131 Å². The second-order valence-corrected chi connectivity index (χ2v) is 15.5. The first-order valence-electron chi connectivity index (χ1n) is 16.7. The number of rotatable bonds is 12. The van der Waals surface area contributed by atoms with Gasteiger partial charge in [0.1, 0.15) is 22.4 Å². The molecule has 1 aromatic heterocycles. The molecule has 0 saturated carbocycles. The molecule has 0 bridgehead atoms. The van der Waals surface area contributed by atoms with E-state index in [0.29, 0.717) is 29.1 Å². The van der Waals surface area contributed by atoms with Crippen LogP contribution in [0.3, 0.4) is 0 Å². The summed E-state index contributed by atoms with van der Waals surface area (Å²) in [5.74, 6) is -1.72. The van der Waals surface area contributed by atoms with Gasteiger partial charge in [-0.2, -0.15) is 4.31 Å².